The van der Waals surface area contributed by atoms with Crippen molar-refractivity contribution >= 4 is 27.7 Å². The first-order valence-electron chi connectivity index (χ1n) is 6.24. The lowest BCUT2D eigenvalue weighted by atomic mass is 10.0. The van der Waals surface area contributed by atoms with Gasteiger partial charge in [0.2, 0.25) is 5.91 Å². The maximum absolute atomic E-state index is 12.0. The molecule has 0 aromatic carbocycles. The predicted octanol–water partition coefficient (Wildman–Crippen LogP) is 1.58. The maximum Gasteiger partial charge on any atom is 0.253 e. The first-order valence-corrected chi connectivity index (χ1v) is 7.03. The van der Waals surface area contributed by atoms with Crippen LogP contribution >= 0.6 is 15.9 Å². The van der Waals surface area contributed by atoms with Crippen molar-refractivity contribution in [3.8, 4) is 0 Å². The van der Waals surface area contributed by atoms with Crippen molar-refractivity contribution in [3.63, 3.8) is 0 Å². The first kappa shape index (κ1) is 14.0. The third-order valence-electron chi connectivity index (χ3n) is 3.27. The summed E-state index contributed by atoms with van der Waals surface area (Å²) in [7, 11) is 0. The van der Waals surface area contributed by atoms with Crippen molar-refractivity contribution in [2.24, 2.45) is 0 Å². The summed E-state index contributed by atoms with van der Waals surface area (Å²) in [6.07, 6.45) is 3.15. The third kappa shape index (κ3) is 3.76. The second-order valence-corrected chi connectivity index (χ2v) is 5.44. The minimum absolute atomic E-state index is 0.0990. The largest absolute Gasteiger partial charge is 0.349 e. The normalized spacial score (nSPS) is 16.2. The van der Waals surface area contributed by atoms with Crippen molar-refractivity contribution in [2.45, 2.75) is 25.8 Å². The molecule has 2 amide bonds. The van der Waals surface area contributed by atoms with Gasteiger partial charge in [-0.2, -0.15) is 0 Å². The summed E-state index contributed by atoms with van der Waals surface area (Å²) in [4.78, 5) is 29.0. The van der Waals surface area contributed by atoms with Gasteiger partial charge in [-0.05, 0) is 40.9 Å². The summed E-state index contributed by atoms with van der Waals surface area (Å²) < 4.78 is 0.707. The molecule has 0 spiro atoms. The molecule has 5 nitrogen and oxygen atoms in total. The molecule has 6 heteroatoms. The van der Waals surface area contributed by atoms with E-state index in [0.717, 1.165) is 12.8 Å². The highest BCUT2D eigenvalue weighted by Crippen LogP contribution is 2.12. The molecule has 1 aliphatic heterocycles. The van der Waals surface area contributed by atoms with E-state index < -0.39 is 0 Å². The number of carbonyl (C=O) groups excluding carboxylic acids is 2. The summed E-state index contributed by atoms with van der Waals surface area (Å²) in [5.74, 6) is -0.0110. The number of carbonyl (C=O) groups is 2. The topological polar surface area (TPSA) is 62.3 Å². The van der Waals surface area contributed by atoms with Gasteiger partial charge < -0.3 is 10.2 Å². The molecule has 19 heavy (non-hydrogen) atoms. The Morgan fingerprint density at radius 1 is 1.37 bits per heavy atom. The Morgan fingerprint density at radius 2 is 2.05 bits per heavy atom. The van der Waals surface area contributed by atoms with Gasteiger partial charge in [-0.15, -0.1) is 0 Å². The number of amides is 2. The highest BCUT2D eigenvalue weighted by atomic mass is 79.9. The van der Waals surface area contributed by atoms with E-state index in [1.54, 1.807) is 25.3 Å². The van der Waals surface area contributed by atoms with Gasteiger partial charge >= 0.3 is 0 Å². The number of hydrogen-bond donors (Lipinski definition) is 1. The van der Waals surface area contributed by atoms with Gasteiger partial charge in [0.25, 0.3) is 5.91 Å². The number of halogens is 1. The number of pyridine rings is 1. The lowest BCUT2D eigenvalue weighted by molar-refractivity contribution is -0.129. The van der Waals surface area contributed by atoms with E-state index in [1.165, 1.54) is 0 Å². The van der Waals surface area contributed by atoms with E-state index >= 15 is 0 Å². The maximum atomic E-state index is 12.0. The molecule has 0 saturated carbocycles. The molecule has 1 N–H and O–H groups in total. The van der Waals surface area contributed by atoms with E-state index in [9.17, 15) is 9.59 Å². The zero-order valence-corrected chi connectivity index (χ0v) is 12.3. The van der Waals surface area contributed by atoms with Crippen molar-refractivity contribution in [1.29, 1.82) is 0 Å². The molecule has 0 bridgehead atoms. The molecule has 1 aliphatic rings. The zero-order valence-electron chi connectivity index (χ0n) is 10.7. The molecule has 0 atom stereocenters. The van der Waals surface area contributed by atoms with E-state index in [2.05, 4.69) is 26.2 Å². The lowest BCUT2D eigenvalue weighted by Crippen LogP contribution is -2.46. The number of likely N-dealkylation sites (tertiary alicyclic amines) is 1. The van der Waals surface area contributed by atoms with Gasteiger partial charge in [0, 0.05) is 32.3 Å². The van der Waals surface area contributed by atoms with Crippen LogP contribution in [0, 0.1) is 0 Å². The molecule has 2 rings (SSSR count). The van der Waals surface area contributed by atoms with Crippen LogP contribution in [-0.2, 0) is 4.79 Å². The Morgan fingerprint density at radius 3 is 2.58 bits per heavy atom. The molecule has 1 aromatic rings. The van der Waals surface area contributed by atoms with Crippen LogP contribution in [0.4, 0.5) is 0 Å². The highest BCUT2D eigenvalue weighted by molar-refractivity contribution is 9.10. The van der Waals surface area contributed by atoms with E-state index in [4.69, 9.17) is 0 Å². The van der Waals surface area contributed by atoms with Crippen LogP contribution in [0.5, 0.6) is 0 Å². The average molecular weight is 326 g/mol. The molecule has 0 radical (unpaired) electrons. The van der Waals surface area contributed by atoms with Crippen molar-refractivity contribution in [3.05, 3.63) is 28.5 Å². The van der Waals surface area contributed by atoms with Crippen LogP contribution in [0.15, 0.2) is 22.9 Å². The predicted molar refractivity (Wildman–Crippen MR) is 74.7 cm³/mol. The molecular formula is C13H16BrN3O2. The Hall–Kier alpha value is -1.43. The smallest absolute Gasteiger partial charge is 0.253 e. The molecule has 0 aliphatic carbocycles. The number of piperidine rings is 1. The van der Waals surface area contributed by atoms with Gasteiger partial charge in [-0.25, -0.2) is 4.98 Å². The molecule has 102 valence electrons. The number of hydrogen-bond acceptors (Lipinski definition) is 3. The Bertz CT molecular complexity index is 467. The Balaban J connectivity index is 1.87. The highest BCUT2D eigenvalue weighted by Gasteiger charge is 2.22. The number of nitrogens with one attached hydrogen (secondary N) is 1. The van der Waals surface area contributed by atoms with Crippen molar-refractivity contribution < 1.29 is 9.59 Å². The van der Waals surface area contributed by atoms with Gasteiger partial charge in [-0.3, -0.25) is 9.59 Å². The summed E-state index contributed by atoms with van der Waals surface area (Å²) in [6, 6.07) is 3.61. The van der Waals surface area contributed by atoms with Crippen LogP contribution in [-0.4, -0.2) is 40.8 Å². The number of rotatable bonds is 2. The Kier molecular flexibility index (Phi) is 4.52. The van der Waals surface area contributed by atoms with Gasteiger partial charge in [0.1, 0.15) is 4.60 Å². The van der Waals surface area contributed by atoms with Gasteiger partial charge in [-0.1, -0.05) is 0 Å². The van der Waals surface area contributed by atoms with Gasteiger partial charge in [0.05, 0.1) is 5.56 Å². The fraction of sp³-hybridized carbons (Fsp3) is 0.462. The summed E-state index contributed by atoms with van der Waals surface area (Å²) >= 11 is 3.23. The average Bonchev–Trinajstić information content (AvgIpc) is 2.40. The van der Waals surface area contributed by atoms with E-state index in [0.29, 0.717) is 23.3 Å². The minimum atomic E-state index is -0.110. The monoisotopic (exact) mass is 325 g/mol. The van der Waals surface area contributed by atoms with Gasteiger partial charge in [0.15, 0.2) is 0 Å². The summed E-state index contributed by atoms with van der Waals surface area (Å²) in [5.41, 5.74) is 0.553. The molecule has 0 unspecified atom stereocenters. The van der Waals surface area contributed by atoms with E-state index in [1.807, 2.05) is 4.90 Å². The number of nitrogens with zero attached hydrogens (tertiary/aromatic N) is 2. The lowest BCUT2D eigenvalue weighted by Gasteiger charge is -2.31. The summed E-state index contributed by atoms with van der Waals surface area (Å²) in [5, 5.41) is 2.98. The summed E-state index contributed by atoms with van der Waals surface area (Å²) in [6.45, 7) is 2.99. The van der Waals surface area contributed by atoms with Crippen molar-refractivity contribution in [1.82, 2.24) is 15.2 Å². The second-order valence-electron chi connectivity index (χ2n) is 4.62. The SMILES string of the molecule is CC(=O)N1CCC(NC(=O)c2ccc(Br)nc2)CC1. The van der Waals surface area contributed by atoms with Crippen LogP contribution in [0.25, 0.3) is 0 Å². The fourth-order valence-corrected chi connectivity index (χ4v) is 2.35. The molecule has 1 fully saturated rings. The quantitative estimate of drug-likeness (QED) is 0.840. The molecular weight excluding hydrogens is 310 g/mol. The minimum Gasteiger partial charge on any atom is -0.349 e. The Labute approximate surface area is 120 Å². The van der Waals surface area contributed by atoms with Crippen LogP contribution in [0.1, 0.15) is 30.1 Å². The number of aromatic nitrogens is 1. The van der Waals surface area contributed by atoms with Crippen molar-refractivity contribution in [2.75, 3.05) is 13.1 Å². The van der Waals surface area contributed by atoms with Crippen LogP contribution in [0.3, 0.4) is 0 Å². The second kappa shape index (κ2) is 6.14. The molecule has 1 saturated heterocycles. The zero-order chi connectivity index (χ0) is 13.8. The van der Waals surface area contributed by atoms with Crippen LogP contribution in [0.2, 0.25) is 0 Å². The van der Waals surface area contributed by atoms with Crippen LogP contribution < -0.4 is 5.32 Å². The van der Waals surface area contributed by atoms with E-state index in [-0.39, 0.29) is 17.9 Å². The third-order valence-corrected chi connectivity index (χ3v) is 3.73. The fourth-order valence-electron chi connectivity index (χ4n) is 2.12. The molecule has 2 heterocycles. The first-order chi connectivity index (χ1) is 9.06. The standard InChI is InChI=1S/C13H16BrN3O2/c1-9(18)17-6-4-11(5-7-17)16-13(19)10-2-3-12(14)15-8-10/h2-3,8,11H,4-7H2,1H3,(H,16,19). The molecule has 1 aromatic heterocycles.